The quantitative estimate of drug-likeness (QED) is 0.501. The van der Waals surface area contributed by atoms with E-state index in [1.165, 1.54) is 12.1 Å². The van der Waals surface area contributed by atoms with Gasteiger partial charge in [-0.1, -0.05) is 29.8 Å². The van der Waals surface area contributed by atoms with Gasteiger partial charge in [0.15, 0.2) is 5.65 Å². The van der Waals surface area contributed by atoms with Gasteiger partial charge in [-0.05, 0) is 35.8 Å². The van der Waals surface area contributed by atoms with E-state index in [1.807, 2.05) is 0 Å². The minimum absolute atomic E-state index is 0.119. The van der Waals surface area contributed by atoms with E-state index in [0.717, 1.165) is 6.07 Å². The van der Waals surface area contributed by atoms with Crippen molar-refractivity contribution in [3.05, 3.63) is 56.7 Å². The second-order valence-electron chi connectivity index (χ2n) is 5.67. The summed E-state index contributed by atoms with van der Waals surface area (Å²) in [7, 11) is 0. The van der Waals surface area contributed by atoms with Gasteiger partial charge in [0.25, 0.3) is 6.43 Å². The van der Waals surface area contributed by atoms with Crippen molar-refractivity contribution >= 4 is 44.4 Å². The first-order chi connectivity index (χ1) is 12.3. The summed E-state index contributed by atoms with van der Waals surface area (Å²) >= 11 is 9.30. The SMILES string of the molecule is Cc1nc(NC(C)c2cccc(C(F)F)c2F)c2cc(Br)c(Cl)nc2n1. The largest absolute Gasteiger partial charge is 0.363 e. The van der Waals surface area contributed by atoms with Crippen LogP contribution in [0.1, 0.15) is 36.3 Å². The molecule has 0 aliphatic heterocycles. The van der Waals surface area contributed by atoms with Gasteiger partial charge in [-0.3, -0.25) is 0 Å². The van der Waals surface area contributed by atoms with Crippen LogP contribution in [-0.4, -0.2) is 15.0 Å². The van der Waals surface area contributed by atoms with E-state index in [9.17, 15) is 13.2 Å². The molecule has 0 bridgehead atoms. The maximum absolute atomic E-state index is 14.4. The molecule has 0 fully saturated rings. The summed E-state index contributed by atoms with van der Waals surface area (Å²) in [6, 6.07) is 5.02. The normalized spacial score (nSPS) is 12.6. The van der Waals surface area contributed by atoms with Crippen molar-refractivity contribution in [2.45, 2.75) is 26.3 Å². The van der Waals surface area contributed by atoms with Gasteiger partial charge >= 0.3 is 0 Å². The van der Waals surface area contributed by atoms with E-state index in [4.69, 9.17) is 11.6 Å². The lowest BCUT2D eigenvalue weighted by Gasteiger charge is -2.18. The number of rotatable bonds is 4. The van der Waals surface area contributed by atoms with Gasteiger partial charge in [0.05, 0.1) is 21.5 Å². The van der Waals surface area contributed by atoms with Gasteiger partial charge in [-0.15, -0.1) is 0 Å². The molecule has 136 valence electrons. The van der Waals surface area contributed by atoms with Crippen molar-refractivity contribution in [2.75, 3.05) is 5.32 Å². The van der Waals surface area contributed by atoms with Gasteiger partial charge < -0.3 is 5.32 Å². The van der Waals surface area contributed by atoms with Crippen LogP contribution in [0.3, 0.4) is 0 Å². The number of anilines is 1. The number of halogens is 5. The Hall–Kier alpha value is -1.93. The third-order valence-electron chi connectivity index (χ3n) is 3.82. The first-order valence-corrected chi connectivity index (χ1v) is 8.78. The Morgan fingerprint density at radius 2 is 1.85 bits per heavy atom. The molecule has 0 spiro atoms. The molecule has 1 aromatic carbocycles. The van der Waals surface area contributed by atoms with Crippen molar-refractivity contribution in [2.24, 2.45) is 0 Å². The molecule has 26 heavy (non-hydrogen) atoms. The molecule has 2 aromatic heterocycles. The van der Waals surface area contributed by atoms with Crippen LogP contribution in [0, 0.1) is 12.7 Å². The molecule has 1 atom stereocenters. The first kappa shape index (κ1) is 18.8. The van der Waals surface area contributed by atoms with Crippen LogP contribution in [-0.2, 0) is 0 Å². The number of hydrogen-bond donors (Lipinski definition) is 1. The highest BCUT2D eigenvalue weighted by Crippen LogP contribution is 2.32. The average Bonchev–Trinajstić information content (AvgIpc) is 2.56. The lowest BCUT2D eigenvalue weighted by atomic mass is 10.0. The number of fused-ring (bicyclic) bond motifs is 1. The minimum atomic E-state index is -2.88. The monoisotopic (exact) mass is 444 g/mol. The predicted octanol–water partition coefficient (Wildman–Crippen LogP) is 6.00. The maximum atomic E-state index is 14.4. The van der Waals surface area contributed by atoms with Gasteiger partial charge in [0, 0.05) is 5.56 Å². The van der Waals surface area contributed by atoms with E-state index in [1.54, 1.807) is 19.9 Å². The fraction of sp³-hybridized carbons (Fsp3) is 0.235. The topological polar surface area (TPSA) is 50.7 Å². The average molecular weight is 446 g/mol. The number of pyridine rings is 1. The number of nitrogens with one attached hydrogen (secondary N) is 1. The van der Waals surface area contributed by atoms with Crippen LogP contribution in [0.2, 0.25) is 5.15 Å². The second-order valence-corrected chi connectivity index (χ2v) is 6.88. The van der Waals surface area contributed by atoms with Gasteiger partial charge in [-0.2, -0.15) is 0 Å². The van der Waals surface area contributed by atoms with Gasteiger partial charge in [0.1, 0.15) is 22.6 Å². The zero-order chi connectivity index (χ0) is 19.0. The summed E-state index contributed by atoms with van der Waals surface area (Å²) in [5.74, 6) is -0.0773. The van der Waals surface area contributed by atoms with Gasteiger partial charge in [-0.25, -0.2) is 28.1 Å². The molecule has 0 saturated carbocycles. The fourth-order valence-electron chi connectivity index (χ4n) is 2.58. The third kappa shape index (κ3) is 3.61. The zero-order valence-corrected chi connectivity index (χ0v) is 16.0. The van der Waals surface area contributed by atoms with E-state index >= 15 is 0 Å². The molecular weight excluding hydrogens is 433 g/mol. The number of aryl methyl sites for hydroxylation is 1. The molecule has 9 heteroatoms. The van der Waals surface area contributed by atoms with Crippen molar-refractivity contribution in [3.8, 4) is 0 Å². The summed E-state index contributed by atoms with van der Waals surface area (Å²) in [5.41, 5.74) is -0.133. The van der Waals surface area contributed by atoms with Crippen LogP contribution >= 0.6 is 27.5 Å². The van der Waals surface area contributed by atoms with E-state index in [-0.39, 0.29) is 10.7 Å². The molecular formula is C17H13BrClF3N4. The fourth-order valence-corrected chi connectivity index (χ4v) is 3.03. The molecule has 3 rings (SSSR count). The summed E-state index contributed by atoms with van der Waals surface area (Å²) in [5, 5.41) is 3.88. The minimum Gasteiger partial charge on any atom is -0.363 e. The summed E-state index contributed by atoms with van der Waals surface area (Å²) in [6.45, 7) is 3.35. The molecule has 1 unspecified atom stereocenters. The Bertz CT molecular complexity index is 984. The van der Waals surface area contributed by atoms with Crippen LogP contribution in [0.25, 0.3) is 11.0 Å². The van der Waals surface area contributed by atoms with E-state index < -0.39 is 23.8 Å². The predicted molar refractivity (Wildman–Crippen MR) is 98.2 cm³/mol. The lowest BCUT2D eigenvalue weighted by molar-refractivity contribution is 0.146. The number of benzene rings is 1. The standard InChI is InChI=1S/C17H13BrClF3N4/c1-7(9-4-3-5-10(13(9)20)15(21)22)23-16-11-6-12(18)14(19)26-17(11)25-8(2)24-16/h3-7,15H,1-2H3,(H,23,24,25,26). The van der Waals surface area contributed by atoms with Crippen molar-refractivity contribution in [1.29, 1.82) is 0 Å². The van der Waals surface area contributed by atoms with Crippen LogP contribution in [0.5, 0.6) is 0 Å². The Kier molecular flexibility index (Phi) is 5.34. The molecule has 4 nitrogen and oxygen atoms in total. The molecule has 0 aliphatic rings. The second kappa shape index (κ2) is 7.36. The Balaban J connectivity index is 2.04. The molecule has 0 radical (unpaired) electrons. The molecule has 0 aliphatic carbocycles. The number of aromatic nitrogens is 3. The van der Waals surface area contributed by atoms with Crippen molar-refractivity contribution < 1.29 is 13.2 Å². The molecule has 0 amide bonds. The highest BCUT2D eigenvalue weighted by Gasteiger charge is 2.20. The summed E-state index contributed by atoms with van der Waals surface area (Å²) in [6.07, 6.45) is -2.88. The Labute approximate surface area is 161 Å². The first-order valence-electron chi connectivity index (χ1n) is 7.61. The van der Waals surface area contributed by atoms with E-state index in [2.05, 4.69) is 36.2 Å². The third-order valence-corrected chi connectivity index (χ3v) is 4.94. The molecule has 1 N–H and O–H groups in total. The lowest BCUT2D eigenvalue weighted by Crippen LogP contribution is -2.12. The smallest absolute Gasteiger partial charge is 0.266 e. The zero-order valence-electron chi connectivity index (χ0n) is 13.7. The highest BCUT2D eigenvalue weighted by molar-refractivity contribution is 9.10. The van der Waals surface area contributed by atoms with E-state index in [0.29, 0.717) is 27.1 Å². The molecule has 3 aromatic rings. The highest BCUT2D eigenvalue weighted by atomic mass is 79.9. The Morgan fingerprint density at radius 1 is 1.15 bits per heavy atom. The van der Waals surface area contributed by atoms with Crippen LogP contribution in [0.4, 0.5) is 19.0 Å². The number of nitrogens with zero attached hydrogens (tertiary/aromatic N) is 3. The van der Waals surface area contributed by atoms with Gasteiger partial charge in [0.2, 0.25) is 0 Å². The maximum Gasteiger partial charge on any atom is 0.266 e. The van der Waals surface area contributed by atoms with Crippen molar-refractivity contribution in [1.82, 2.24) is 15.0 Å². The summed E-state index contributed by atoms with van der Waals surface area (Å²) in [4.78, 5) is 12.7. The molecule has 2 heterocycles. The Morgan fingerprint density at radius 3 is 2.54 bits per heavy atom. The number of alkyl halides is 2. The van der Waals surface area contributed by atoms with Crippen molar-refractivity contribution in [3.63, 3.8) is 0 Å². The molecule has 0 saturated heterocycles. The number of hydrogen-bond acceptors (Lipinski definition) is 4. The van der Waals surface area contributed by atoms with Crippen LogP contribution < -0.4 is 5.32 Å². The van der Waals surface area contributed by atoms with Crippen LogP contribution in [0.15, 0.2) is 28.7 Å². The summed E-state index contributed by atoms with van der Waals surface area (Å²) < 4.78 is 40.8.